The van der Waals surface area contributed by atoms with E-state index in [2.05, 4.69) is 41.7 Å². The summed E-state index contributed by atoms with van der Waals surface area (Å²) in [6, 6.07) is 4.32. The maximum Gasteiger partial charge on any atom is 0.220 e. The predicted octanol–water partition coefficient (Wildman–Crippen LogP) is 2.73. The first-order valence-corrected chi connectivity index (χ1v) is 9.27. The maximum atomic E-state index is 11.9. The van der Waals surface area contributed by atoms with Crippen LogP contribution in [-0.2, 0) is 17.9 Å². The van der Waals surface area contributed by atoms with Gasteiger partial charge in [0.1, 0.15) is 11.5 Å². The summed E-state index contributed by atoms with van der Waals surface area (Å²) in [5, 5.41) is 11.0. The Bertz CT molecular complexity index is 750. The summed E-state index contributed by atoms with van der Waals surface area (Å²) in [5.74, 6) is 3.54. The fourth-order valence-electron chi connectivity index (χ4n) is 3.69. The highest BCUT2D eigenvalue weighted by molar-refractivity contribution is 5.77. The van der Waals surface area contributed by atoms with Crippen LogP contribution in [0.4, 0.5) is 0 Å². The van der Waals surface area contributed by atoms with Crippen LogP contribution in [0.1, 0.15) is 62.2 Å². The van der Waals surface area contributed by atoms with Gasteiger partial charge in [0.15, 0.2) is 0 Å². The lowest BCUT2D eigenvalue weighted by atomic mass is 9.93. The van der Waals surface area contributed by atoms with Gasteiger partial charge in [-0.1, -0.05) is 6.92 Å². The summed E-state index contributed by atoms with van der Waals surface area (Å²) < 4.78 is 7.88. The van der Waals surface area contributed by atoms with E-state index < -0.39 is 0 Å². The lowest BCUT2D eigenvalue weighted by Crippen LogP contribution is -2.48. The minimum Gasteiger partial charge on any atom is -0.464 e. The number of nitrogens with one attached hydrogen (secondary N) is 2. The van der Waals surface area contributed by atoms with Crippen molar-refractivity contribution in [3.63, 3.8) is 0 Å². The molecule has 2 unspecified atom stereocenters. The third-order valence-electron chi connectivity index (χ3n) is 5.43. The van der Waals surface area contributed by atoms with Crippen LogP contribution in [0.3, 0.4) is 0 Å². The van der Waals surface area contributed by atoms with Crippen molar-refractivity contribution >= 4 is 5.91 Å². The van der Waals surface area contributed by atoms with Crippen molar-refractivity contribution < 1.29 is 9.21 Å². The van der Waals surface area contributed by atoms with Gasteiger partial charge in [0.2, 0.25) is 5.91 Å². The fraction of sp³-hybridized carbons (Fsp3) is 0.579. The van der Waals surface area contributed by atoms with Crippen LogP contribution in [0, 0.1) is 5.92 Å². The van der Waals surface area contributed by atoms with Crippen LogP contribution in [-0.4, -0.2) is 21.7 Å². The number of aryl methyl sites for hydroxylation is 1. The van der Waals surface area contributed by atoms with Gasteiger partial charge in [0, 0.05) is 36.7 Å². The van der Waals surface area contributed by atoms with E-state index >= 15 is 0 Å². The van der Waals surface area contributed by atoms with Crippen LogP contribution in [0.25, 0.3) is 0 Å². The summed E-state index contributed by atoms with van der Waals surface area (Å²) in [4.78, 5) is 11.9. The van der Waals surface area contributed by atoms with E-state index in [1.807, 2.05) is 17.1 Å². The number of carbonyl (C=O) groups excluding carboxylic acids is 1. The van der Waals surface area contributed by atoms with E-state index in [0.717, 1.165) is 36.0 Å². The molecule has 2 fully saturated rings. The zero-order chi connectivity index (χ0) is 17.4. The zero-order valence-electron chi connectivity index (χ0n) is 14.9. The van der Waals surface area contributed by atoms with Gasteiger partial charge in [-0.2, -0.15) is 5.10 Å². The molecule has 1 aliphatic carbocycles. The number of aromatic nitrogens is 2. The molecule has 2 aliphatic rings. The number of amides is 1. The highest BCUT2D eigenvalue weighted by atomic mass is 16.3. The van der Waals surface area contributed by atoms with Crippen LogP contribution in [0.15, 0.2) is 28.9 Å². The van der Waals surface area contributed by atoms with E-state index in [-0.39, 0.29) is 18.0 Å². The average Bonchev–Trinajstić information content (AvgIpc) is 3.05. The van der Waals surface area contributed by atoms with Gasteiger partial charge in [-0.25, -0.2) is 0 Å². The summed E-state index contributed by atoms with van der Waals surface area (Å²) in [6.45, 7) is 5.83. The largest absolute Gasteiger partial charge is 0.464 e. The van der Waals surface area contributed by atoms with Crippen LogP contribution < -0.4 is 10.6 Å². The fourth-order valence-corrected chi connectivity index (χ4v) is 3.69. The van der Waals surface area contributed by atoms with Gasteiger partial charge in [-0.05, 0) is 37.8 Å². The summed E-state index contributed by atoms with van der Waals surface area (Å²) in [6.07, 6.45) is 6.48. The Morgan fingerprint density at radius 2 is 2.28 bits per heavy atom. The molecule has 1 aliphatic heterocycles. The topological polar surface area (TPSA) is 72.1 Å². The number of hydrogen-bond donors (Lipinski definition) is 2. The highest BCUT2D eigenvalue weighted by Gasteiger charge is 2.36. The van der Waals surface area contributed by atoms with Gasteiger partial charge in [-0.15, -0.1) is 0 Å². The van der Waals surface area contributed by atoms with Crippen molar-refractivity contribution in [2.75, 3.05) is 0 Å². The Hall–Kier alpha value is -2.08. The Kier molecular flexibility index (Phi) is 4.37. The molecule has 0 spiro atoms. The molecule has 0 radical (unpaired) electrons. The van der Waals surface area contributed by atoms with E-state index in [0.29, 0.717) is 18.9 Å². The van der Waals surface area contributed by atoms with E-state index in [9.17, 15) is 4.79 Å². The number of hydrogen-bond acceptors (Lipinski definition) is 4. The first-order valence-electron chi connectivity index (χ1n) is 9.27. The van der Waals surface area contributed by atoms with Crippen molar-refractivity contribution in [3.8, 4) is 0 Å². The molecule has 1 saturated carbocycles. The Morgan fingerprint density at radius 3 is 3.00 bits per heavy atom. The van der Waals surface area contributed by atoms with E-state index in [1.165, 1.54) is 6.42 Å². The molecule has 0 aromatic carbocycles. The minimum absolute atomic E-state index is 0.0422. The molecule has 25 heavy (non-hydrogen) atoms. The van der Waals surface area contributed by atoms with Crippen LogP contribution >= 0.6 is 0 Å². The van der Waals surface area contributed by atoms with Crippen molar-refractivity contribution in [1.29, 1.82) is 0 Å². The molecular formula is C19H26N4O2. The minimum atomic E-state index is -0.0422. The molecule has 1 amide bonds. The van der Waals surface area contributed by atoms with Crippen LogP contribution in [0.5, 0.6) is 0 Å². The molecule has 2 aromatic rings. The quantitative estimate of drug-likeness (QED) is 0.847. The molecule has 2 aromatic heterocycles. The number of piperidine rings is 1. The normalized spacial score (nSPS) is 28.8. The van der Waals surface area contributed by atoms with E-state index in [1.54, 1.807) is 0 Å². The number of furan rings is 1. The molecular weight excluding hydrogens is 316 g/mol. The number of carbonyl (C=O) groups is 1. The monoisotopic (exact) mass is 342 g/mol. The number of rotatable bonds is 6. The third-order valence-corrected chi connectivity index (χ3v) is 5.43. The molecule has 4 rings (SSSR count). The summed E-state index contributed by atoms with van der Waals surface area (Å²) in [5.41, 5.74) is 1.05. The molecule has 2 N–H and O–H groups in total. The van der Waals surface area contributed by atoms with Gasteiger partial charge in [-0.3, -0.25) is 9.48 Å². The summed E-state index contributed by atoms with van der Waals surface area (Å²) >= 11 is 0. The first-order chi connectivity index (χ1) is 12.1. The second-order valence-electron chi connectivity index (χ2n) is 7.32. The maximum absolute atomic E-state index is 11.9. The molecule has 0 bridgehead atoms. The Morgan fingerprint density at radius 1 is 1.44 bits per heavy atom. The first kappa shape index (κ1) is 16.4. The standard InChI is InChI=1S/C19H26N4O2/c1-3-23-11-13(9-21-23)19-16(5-7-18(24)22-19)20-10-14-4-6-17(25-14)15-8-12(15)2/h4,6,9,11-12,15-16,19-20H,3,5,7-8,10H2,1-2H3,(H,22,24)/t12?,15?,16-,19+/m1/s1. The van der Waals surface area contributed by atoms with Gasteiger partial charge < -0.3 is 15.1 Å². The predicted molar refractivity (Wildman–Crippen MR) is 93.9 cm³/mol. The average molecular weight is 342 g/mol. The second-order valence-corrected chi connectivity index (χ2v) is 7.32. The van der Waals surface area contributed by atoms with Crippen molar-refractivity contribution in [2.24, 2.45) is 5.92 Å². The Balaban J connectivity index is 1.42. The number of nitrogens with zero attached hydrogens (tertiary/aromatic N) is 2. The van der Waals surface area contributed by atoms with Crippen molar-refractivity contribution in [2.45, 2.75) is 64.2 Å². The third kappa shape index (κ3) is 3.49. The highest BCUT2D eigenvalue weighted by Crippen LogP contribution is 2.47. The lowest BCUT2D eigenvalue weighted by molar-refractivity contribution is -0.123. The van der Waals surface area contributed by atoms with Crippen molar-refractivity contribution in [1.82, 2.24) is 20.4 Å². The molecule has 4 atom stereocenters. The summed E-state index contributed by atoms with van der Waals surface area (Å²) in [7, 11) is 0. The molecule has 6 heteroatoms. The molecule has 3 heterocycles. The Labute approximate surface area is 148 Å². The van der Waals surface area contributed by atoms with E-state index in [4.69, 9.17) is 4.42 Å². The van der Waals surface area contributed by atoms with Crippen molar-refractivity contribution in [3.05, 3.63) is 41.6 Å². The molecule has 1 saturated heterocycles. The van der Waals surface area contributed by atoms with Gasteiger partial charge in [0.05, 0.1) is 18.8 Å². The SMILES string of the molecule is CCn1cc([C@@H]2NC(=O)CC[C@H]2NCc2ccc(C3CC3C)o2)cn1. The second kappa shape index (κ2) is 6.67. The van der Waals surface area contributed by atoms with Gasteiger partial charge >= 0.3 is 0 Å². The lowest BCUT2D eigenvalue weighted by Gasteiger charge is -2.32. The molecule has 6 nitrogen and oxygen atoms in total. The van der Waals surface area contributed by atoms with Gasteiger partial charge in [0.25, 0.3) is 0 Å². The van der Waals surface area contributed by atoms with Crippen LogP contribution in [0.2, 0.25) is 0 Å². The zero-order valence-corrected chi connectivity index (χ0v) is 14.9. The molecule has 134 valence electrons. The smallest absolute Gasteiger partial charge is 0.220 e.